The monoisotopic (exact) mass is 273 g/mol. The number of aliphatic hydroxyl groups excluding tert-OH is 1. The molecule has 0 bridgehead atoms. The Morgan fingerprint density at radius 1 is 1.32 bits per heavy atom. The van der Waals surface area contributed by atoms with Crippen LogP contribution in [0.15, 0.2) is 0 Å². The van der Waals surface area contributed by atoms with E-state index in [0.717, 1.165) is 19.3 Å². The first-order chi connectivity index (χ1) is 8.91. The van der Waals surface area contributed by atoms with Crippen LogP contribution in [-0.2, 0) is 4.79 Å². The van der Waals surface area contributed by atoms with Crippen LogP contribution < -0.4 is 10.7 Å². The minimum Gasteiger partial charge on any atom is -0.479 e. The summed E-state index contributed by atoms with van der Waals surface area (Å²) in [6.45, 7) is 4.24. The molecule has 0 radical (unpaired) electrons. The average molecular weight is 273 g/mol. The van der Waals surface area contributed by atoms with Crippen molar-refractivity contribution in [2.75, 3.05) is 6.54 Å². The van der Waals surface area contributed by atoms with Gasteiger partial charge in [0.05, 0.1) is 0 Å². The molecule has 2 amide bonds. The number of carboxylic acid groups (broad SMARTS) is 1. The molecule has 1 saturated heterocycles. The topological polar surface area (TPSA) is 102 Å². The van der Waals surface area contributed by atoms with Crippen LogP contribution in [0.1, 0.15) is 39.5 Å². The fourth-order valence-corrected chi connectivity index (χ4v) is 2.24. The van der Waals surface area contributed by atoms with Gasteiger partial charge in [-0.1, -0.05) is 6.42 Å². The smallest absolute Gasteiger partial charge is 0.332 e. The van der Waals surface area contributed by atoms with Crippen LogP contribution in [0.3, 0.4) is 0 Å². The Bertz CT molecular complexity index is 314. The molecule has 7 nitrogen and oxygen atoms in total. The predicted molar refractivity (Wildman–Crippen MR) is 69.4 cm³/mol. The summed E-state index contributed by atoms with van der Waals surface area (Å²) in [4.78, 5) is 22.1. The SMILES string of the molecule is CC1CCCC(C)N1NC(=O)NCC[C@H](O)C(=O)O. The number of aliphatic carboxylic acids is 1. The first-order valence-corrected chi connectivity index (χ1v) is 6.65. The van der Waals surface area contributed by atoms with Gasteiger partial charge in [-0.25, -0.2) is 14.6 Å². The molecule has 110 valence electrons. The summed E-state index contributed by atoms with van der Waals surface area (Å²) >= 11 is 0. The van der Waals surface area contributed by atoms with E-state index in [-0.39, 0.29) is 19.0 Å². The lowest BCUT2D eigenvalue weighted by molar-refractivity contribution is -0.146. The van der Waals surface area contributed by atoms with Gasteiger partial charge in [-0.2, -0.15) is 0 Å². The zero-order valence-corrected chi connectivity index (χ0v) is 11.4. The van der Waals surface area contributed by atoms with Gasteiger partial charge in [-0.3, -0.25) is 5.43 Å². The van der Waals surface area contributed by atoms with Crippen molar-refractivity contribution in [2.45, 2.75) is 57.7 Å². The zero-order valence-electron chi connectivity index (χ0n) is 11.4. The Labute approximate surface area is 112 Å². The minimum atomic E-state index is -1.44. The van der Waals surface area contributed by atoms with E-state index in [0.29, 0.717) is 12.1 Å². The van der Waals surface area contributed by atoms with Gasteiger partial charge < -0.3 is 15.5 Å². The molecule has 1 fully saturated rings. The highest BCUT2D eigenvalue weighted by molar-refractivity contribution is 5.74. The Hall–Kier alpha value is -1.34. The fraction of sp³-hybridized carbons (Fsp3) is 0.833. The van der Waals surface area contributed by atoms with Gasteiger partial charge in [0.25, 0.3) is 0 Å². The number of carbonyl (C=O) groups excluding carboxylic acids is 1. The molecular weight excluding hydrogens is 250 g/mol. The largest absolute Gasteiger partial charge is 0.479 e. The molecule has 4 N–H and O–H groups in total. The van der Waals surface area contributed by atoms with Gasteiger partial charge in [0.1, 0.15) is 0 Å². The third-order valence-corrected chi connectivity index (χ3v) is 3.41. The van der Waals surface area contributed by atoms with Gasteiger partial charge in [0.2, 0.25) is 0 Å². The molecule has 0 aromatic carbocycles. The molecule has 1 rings (SSSR count). The molecule has 3 atom stereocenters. The second-order valence-electron chi connectivity index (χ2n) is 5.05. The fourth-order valence-electron chi connectivity index (χ4n) is 2.24. The highest BCUT2D eigenvalue weighted by Crippen LogP contribution is 2.19. The molecule has 7 heteroatoms. The van der Waals surface area contributed by atoms with Gasteiger partial charge in [0, 0.05) is 25.0 Å². The molecule has 0 aliphatic carbocycles. The van der Waals surface area contributed by atoms with E-state index in [9.17, 15) is 9.59 Å². The third-order valence-electron chi connectivity index (χ3n) is 3.41. The van der Waals surface area contributed by atoms with Crippen molar-refractivity contribution >= 4 is 12.0 Å². The number of piperidine rings is 1. The van der Waals surface area contributed by atoms with Gasteiger partial charge in [-0.15, -0.1) is 0 Å². The van der Waals surface area contributed by atoms with Crippen molar-refractivity contribution in [2.24, 2.45) is 0 Å². The maximum Gasteiger partial charge on any atom is 0.332 e. The van der Waals surface area contributed by atoms with Crippen LogP contribution in [0.25, 0.3) is 0 Å². The van der Waals surface area contributed by atoms with Crippen LogP contribution in [0.4, 0.5) is 4.79 Å². The second kappa shape index (κ2) is 7.30. The van der Waals surface area contributed by atoms with Crippen molar-refractivity contribution in [3.05, 3.63) is 0 Å². The Morgan fingerprint density at radius 2 is 1.89 bits per heavy atom. The summed E-state index contributed by atoms with van der Waals surface area (Å²) in [5.74, 6) is -1.28. The summed E-state index contributed by atoms with van der Waals surface area (Å²) in [5.41, 5.74) is 2.78. The molecule has 0 aromatic rings. The van der Waals surface area contributed by atoms with Crippen molar-refractivity contribution < 1.29 is 19.8 Å². The van der Waals surface area contributed by atoms with Gasteiger partial charge in [-0.05, 0) is 26.7 Å². The lowest BCUT2D eigenvalue weighted by Gasteiger charge is -2.38. The standard InChI is InChI=1S/C12H23N3O4/c1-8-4-3-5-9(2)15(8)14-12(19)13-7-6-10(16)11(17)18/h8-10,16H,3-7H2,1-2H3,(H,17,18)(H2,13,14,19)/t8?,9?,10-/m0/s1. The number of hydrogen-bond donors (Lipinski definition) is 4. The number of hydrogen-bond acceptors (Lipinski definition) is 4. The predicted octanol–water partition coefficient (Wildman–Crippen LogP) is 0.299. The van der Waals surface area contributed by atoms with Gasteiger partial charge in [0.15, 0.2) is 6.10 Å². The molecule has 1 heterocycles. The van der Waals surface area contributed by atoms with E-state index < -0.39 is 12.1 Å². The van der Waals surface area contributed by atoms with E-state index >= 15 is 0 Å². The van der Waals surface area contributed by atoms with Crippen LogP contribution in [0, 0.1) is 0 Å². The number of amides is 2. The molecule has 19 heavy (non-hydrogen) atoms. The number of aliphatic hydroxyl groups is 1. The summed E-state index contributed by atoms with van der Waals surface area (Å²) in [6.07, 6.45) is 1.80. The molecule has 0 spiro atoms. The Morgan fingerprint density at radius 3 is 2.42 bits per heavy atom. The quantitative estimate of drug-likeness (QED) is 0.577. The molecule has 0 aromatic heterocycles. The number of hydrazine groups is 1. The van der Waals surface area contributed by atoms with Crippen molar-refractivity contribution in [3.8, 4) is 0 Å². The van der Waals surface area contributed by atoms with Crippen LogP contribution in [-0.4, -0.2) is 52.0 Å². The number of carbonyl (C=O) groups is 2. The number of carboxylic acids is 1. The first-order valence-electron chi connectivity index (χ1n) is 6.65. The average Bonchev–Trinajstić information content (AvgIpc) is 2.33. The summed E-state index contributed by atoms with van der Waals surface area (Å²) in [6, 6.07) is 0.219. The normalized spacial score (nSPS) is 25.6. The summed E-state index contributed by atoms with van der Waals surface area (Å²) in [7, 11) is 0. The third kappa shape index (κ3) is 5.04. The number of rotatable bonds is 5. The highest BCUT2D eigenvalue weighted by Gasteiger charge is 2.26. The first kappa shape index (κ1) is 15.7. The van der Waals surface area contributed by atoms with Crippen molar-refractivity contribution in [1.82, 2.24) is 15.8 Å². The van der Waals surface area contributed by atoms with Crippen LogP contribution in [0.2, 0.25) is 0 Å². The zero-order chi connectivity index (χ0) is 14.4. The van der Waals surface area contributed by atoms with Crippen LogP contribution in [0.5, 0.6) is 0 Å². The lowest BCUT2D eigenvalue weighted by Crippen LogP contribution is -2.56. The maximum atomic E-state index is 11.7. The summed E-state index contributed by atoms with van der Waals surface area (Å²) in [5, 5.41) is 22.0. The van der Waals surface area contributed by atoms with Crippen molar-refractivity contribution in [1.29, 1.82) is 0 Å². The number of urea groups is 1. The Kier molecular flexibility index (Phi) is 6.04. The molecular formula is C12H23N3O4. The second-order valence-corrected chi connectivity index (χ2v) is 5.05. The maximum absolute atomic E-state index is 11.7. The Balaban J connectivity index is 2.28. The van der Waals surface area contributed by atoms with Crippen molar-refractivity contribution in [3.63, 3.8) is 0 Å². The highest BCUT2D eigenvalue weighted by atomic mass is 16.4. The van der Waals surface area contributed by atoms with E-state index in [4.69, 9.17) is 10.2 Å². The van der Waals surface area contributed by atoms with E-state index in [1.807, 2.05) is 5.01 Å². The van der Waals surface area contributed by atoms with E-state index in [2.05, 4.69) is 24.6 Å². The lowest BCUT2D eigenvalue weighted by atomic mass is 10.00. The van der Waals surface area contributed by atoms with E-state index in [1.165, 1.54) is 0 Å². The summed E-state index contributed by atoms with van der Waals surface area (Å²) < 4.78 is 0. The number of nitrogens with one attached hydrogen (secondary N) is 2. The molecule has 2 unspecified atom stereocenters. The molecule has 0 saturated carbocycles. The van der Waals surface area contributed by atoms with Gasteiger partial charge >= 0.3 is 12.0 Å². The number of nitrogens with zero attached hydrogens (tertiary/aromatic N) is 1. The molecule has 1 aliphatic rings. The van der Waals surface area contributed by atoms with E-state index in [1.54, 1.807) is 0 Å². The minimum absolute atomic E-state index is 0.00609. The van der Waals surface area contributed by atoms with Crippen LogP contribution >= 0.6 is 0 Å². The molecule has 1 aliphatic heterocycles.